The number of ether oxygens (including phenoxy) is 2. The summed E-state index contributed by atoms with van der Waals surface area (Å²) in [6, 6.07) is 7.61. The summed E-state index contributed by atoms with van der Waals surface area (Å²) in [6.45, 7) is 0. The van der Waals surface area contributed by atoms with Gasteiger partial charge in [-0.1, -0.05) is 0 Å². The van der Waals surface area contributed by atoms with Crippen molar-refractivity contribution in [2.24, 2.45) is 7.05 Å². The molecule has 0 atom stereocenters. The Labute approximate surface area is 119 Å². The van der Waals surface area contributed by atoms with Gasteiger partial charge in [0.1, 0.15) is 16.5 Å². The van der Waals surface area contributed by atoms with Gasteiger partial charge in [-0.15, -0.1) is 0 Å². The Bertz CT molecular complexity index is 659. The second-order valence-corrected chi connectivity index (χ2v) is 4.57. The summed E-state index contributed by atoms with van der Waals surface area (Å²) in [7, 11) is 4.96. The maximum Gasteiger partial charge on any atom is 0.161 e. The molecule has 2 rings (SSSR count). The molecule has 0 amide bonds. The molecule has 1 heterocycles. The fourth-order valence-electron chi connectivity index (χ4n) is 1.82. The second kappa shape index (κ2) is 5.33. The number of benzene rings is 1. The van der Waals surface area contributed by atoms with Crippen molar-refractivity contribution >= 4 is 15.9 Å². The number of nitriles is 1. The number of aromatic nitrogens is 2. The first kappa shape index (κ1) is 13.4. The molecule has 2 aromatic rings. The second-order valence-electron chi connectivity index (χ2n) is 3.82. The molecular weight excluding hydrogens is 310 g/mol. The Balaban J connectivity index is 2.57. The summed E-state index contributed by atoms with van der Waals surface area (Å²) in [5, 5.41) is 9.06. The average Bonchev–Trinajstić information content (AvgIpc) is 2.72. The number of methoxy groups -OCH3 is 2. The maximum atomic E-state index is 9.06. The van der Waals surface area contributed by atoms with Crippen molar-refractivity contribution in [1.82, 2.24) is 9.55 Å². The van der Waals surface area contributed by atoms with Crippen molar-refractivity contribution in [2.75, 3.05) is 14.2 Å². The first-order chi connectivity index (χ1) is 9.12. The largest absolute Gasteiger partial charge is 0.493 e. The predicted octanol–water partition coefficient (Wildman–Crippen LogP) is 2.74. The number of rotatable bonds is 3. The molecular formula is C13H12BrN3O2. The Morgan fingerprint density at radius 1 is 1.26 bits per heavy atom. The van der Waals surface area contributed by atoms with Crippen molar-refractivity contribution in [1.29, 1.82) is 5.26 Å². The van der Waals surface area contributed by atoms with Crippen LogP contribution in [0.25, 0.3) is 11.4 Å². The fourth-order valence-corrected chi connectivity index (χ4v) is 2.34. The molecule has 0 spiro atoms. The molecule has 6 heteroatoms. The zero-order chi connectivity index (χ0) is 14.0. The van der Waals surface area contributed by atoms with Gasteiger partial charge < -0.3 is 14.0 Å². The smallest absolute Gasteiger partial charge is 0.161 e. The SMILES string of the molecule is COc1ccc(-c2nc(Br)c(C#N)n2C)cc1OC. The highest BCUT2D eigenvalue weighted by molar-refractivity contribution is 9.10. The van der Waals surface area contributed by atoms with E-state index in [1.165, 1.54) is 0 Å². The molecule has 5 nitrogen and oxygen atoms in total. The molecule has 19 heavy (non-hydrogen) atoms. The van der Waals surface area contributed by atoms with Gasteiger partial charge in [0.15, 0.2) is 17.2 Å². The molecule has 1 aromatic heterocycles. The van der Waals surface area contributed by atoms with Crippen LogP contribution >= 0.6 is 15.9 Å². The summed E-state index contributed by atoms with van der Waals surface area (Å²) in [5.74, 6) is 1.96. The van der Waals surface area contributed by atoms with Crippen molar-refractivity contribution in [3.63, 3.8) is 0 Å². The molecule has 1 aromatic carbocycles. The van der Waals surface area contributed by atoms with Gasteiger partial charge in [0.05, 0.1) is 14.2 Å². The molecule has 0 fully saturated rings. The van der Waals surface area contributed by atoms with E-state index in [-0.39, 0.29) is 0 Å². The highest BCUT2D eigenvalue weighted by atomic mass is 79.9. The number of imidazole rings is 1. The molecule has 0 bridgehead atoms. The van der Waals surface area contributed by atoms with Crippen LogP contribution in [-0.4, -0.2) is 23.8 Å². The third-order valence-corrected chi connectivity index (χ3v) is 3.35. The highest BCUT2D eigenvalue weighted by Crippen LogP contribution is 2.33. The topological polar surface area (TPSA) is 60.1 Å². The Morgan fingerprint density at radius 3 is 2.47 bits per heavy atom. The van der Waals surface area contributed by atoms with Gasteiger partial charge >= 0.3 is 0 Å². The van der Waals surface area contributed by atoms with E-state index >= 15 is 0 Å². The van der Waals surface area contributed by atoms with Crippen molar-refractivity contribution in [2.45, 2.75) is 0 Å². The molecule has 0 N–H and O–H groups in total. The lowest BCUT2D eigenvalue weighted by Gasteiger charge is -2.09. The van der Waals surface area contributed by atoms with Crippen LogP contribution in [-0.2, 0) is 7.05 Å². The standard InChI is InChI=1S/C13H12BrN3O2/c1-17-9(7-15)12(14)16-13(17)8-4-5-10(18-2)11(6-8)19-3/h4-6H,1-3H3. The van der Waals surface area contributed by atoms with Gasteiger partial charge in [-0.05, 0) is 34.1 Å². The maximum absolute atomic E-state index is 9.06. The summed E-state index contributed by atoms with van der Waals surface area (Å²) in [4.78, 5) is 4.34. The monoisotopic (exact) mass is 321 g/mol. The van der Waals surface area contributed by atoms with Gasteiger partial charge in [0.2, 0.25) is 0 Å². The quantitative estimate of drug-likeness (QED) is 0.872. The minimum atomic E-state index is 0.477. The minimum absolute atomic E-state index is 0.477. The normalized spacial score (nSPS) is 10.1. The zero-order valence-electron chi connectivity index (χ0n) is 10.8. The number of nitrogens with zero attached hydrogens (tertiary/aromatic N) is 3. The third kappa shape index (κ3) is 2.29. The van der Waals surface area contributed by atoms with Gasteiger partial charge in [0, 0.05) is 12.6 Å². The number of halogens is 1. The van der Waals surface area contributed by atoms with Crippen molar-refractivity contribution in [3.05, 3.63) is 28.5 Å². The van der Waals surface area contributed by atoms with Crippen LogP contribution in [0.4, 0.5) is 0 Å². The lowest BCUT2D eigenvalue weighted by Crippen LogP contribution is -1.97. The summed E-state index contributed by atoms with van der Waals surface area (Å²) in [6.07, 6.45) is 0. The molecule has 0 unspecified atom stereocenters. The van der Waals surface area contributed by atoms with Crippen LogP contribution in [0, 0.1) is 11.3 Å². The predicted molar refractivity (Wildman–Crippen MR) is 74.2 cm³/mol. The van der Waals surface area contributed by atoms with E-state index in [1.807, 2.05) is 18.2 Å². The molecule has 0 aliphatic rings. The number of hydrogen-bond acceptors (Lipinski definition) is 4. The van der Waals surface area contributed by atoms with Crippen LogP contribution in [0.3, 0.4) is 0 Å². The Kier molecular flexibility index (Phi) is 3.76. The summed E-state index contributed by atoms with van der Waals surface area (Å²) < 4.78 is 12.7. The average molecular weight is 322 g/mol. The van der Waals surface area contributed by atoms with Crippen LogP contribution in [0.15, 0.2) is 22.8 Å². The molecule has 0 saturated heterocycles. The molecule has 0 aliphatic carbocycles. The van der Waals surface area contributed by atoms with E-state index in [4.69, 9.17) is 14.7 Å². The molecule has 0 aliphatic heterocycles. The molecule has 0 radical (unpaired) electrons. The van der Waals surface area contributed by atoms with Crippen LogP contribution in [0.2, 0.25) is 0 Å². The van der Waals surface area contributed by atoms with E-state index in [2.05, 4.69) is 27.0 Å². The van der Waals surface area contributed by atoms with Gasteiger partial charge in [0.25, 0.3) is 0 Å². The molecule has 98 valence electrons. The first-order valence-electron chi connectivity index (χ1n) is 5.47. The van der Waals surface area contributed by atoms with Gasteiger partial charge in [-0.3, -0.25) is 0 Å². The Hall–Kier alpha value is -2.00. The lowest BCUT2D eigenvalue weighted by atomic mass is 10.2. The van der Waals surface area contributed by atoms with Gasteiger partial charge in [-0.2, -0.15) is 5.26 Å². The summed E-state index contributed by atoms with van der Waals surface area (Å²) >= 11 is 3.28. The van der Waals surface area contributed by atoms with E-state index in [0.717, 1.165) is 5.56 Å². The zero-order valence-corrected chi connectivity index (χ0v) is 12.4. The van der Waals surface area contributed by atoms with Crippen LogP contribution in [0.1, 0.15) is 5.69 Å². The van der Waals surface area contributed by atoms with Crippen LogP contribution < -0.4 is 9.47 Å². The van der Waals surface area contributed by atoms with E-state index in [9.17, 15) is 0 Å². The van der Waals surface area contributed by atoms with E-state index in [0.29, 0.717) is 27.6 Å². The Morgan fingerprint density at radius 2 is 1.95 bits per heavy atom. The number of hydrogen-bond donors (Lipinski definition) is 0. The highest BCUT2D eigenvalue weighted by Gasteiger charge is 2.15. The first-order valence-corrected chi connectivity index (χ1v) is 6.26. The summed E-state index contributed by atoms with van der Waals surface area (Å²) in [5.41, 5.74) is 1.33. The molecule has 0 saturated carbocycles. The lowest BCUT2D eigenvalue weighted by molar-refractivity contribution is 0.355. The minimum Gasteiger partial charge on any atom is -0.493 e. The van der Waals surface area contributed by atoms with E-state index in [1.54, 1.807) is 25.8 Å². The van der Waals surface area contributed by atoms with Crippen molar-refractivity contribution in [3.8, 4) is 29.0 Å². The fraction of sp³-hybridized carbons (Fsp3) is 0.231. The van der Waals surface area contributed by atoms with E-state index < -0.39 is 0 Å². The van der Waals surface area contributed by atoms with Crippen LogP contribution in [0.5, 0.6) is 11.5 Å². The van der Waals surface area contributed by atoms with Gasteiger partial charge in [-0.25, -0.2) is 4.98 Å². The third-order valence-electron chi connectivity index (χ3n) is 2.80. The van der Waals surface area contributed by atoms with Crippen molar-refractivity contribution < 1.29 is 9.47 Å².